The highest BCUT2D eigenvalue weighted by Crippen LogP contribution is 2.08. The van der Waals surface area contributed by atoms with E-state index in [0.717, 1.165) is 5.56 Å². The van der Waals surface area contributed by atoms with Crippen LogP contribution in [0.25, 0.3) is 5.65 Å². The van der Waals surface area contributed by atoms with Crippen LogP contribution in [0.1, 0.15) is 36.3 Å². The van der Waals surface area contributed by atoms with Crippen LogP contribution < -0.4 is 10.6 Å². The Kier molecular flexibility index (Phi) is 5.74. The molecule has 2 heterocycles. The number of fused-ring (bicyclic) bond motifs is 1. The van der Waals surface area contributed by atoms with Gasteiger partial charge in [-0.1, -0.05) is 13.8 Å². The van der Waals surface area contributed by atoms with Gasteiger partial charge >= 0.3 is 5.97 Å². The molecule has 0 aliphatic heterocycles. The quantitative estimate of drug-likeness (QED) is 0.692. The molecule has 0 aliphatic rings. The maximum atomic E-state index is 12.1. The molecule has 2 aromatic rings. The molecule has 1 atom stereocenters. The van der Waals surface area contributed by atoms with Crippen molar-refractivity contribution in [1.29, 1.82) is 0 Å². The number of imidazole rings is 1. The summed E-state index contributed by atoms with van der Waals surface area (Å²) >= 11 is 0. The first-order chi connectivity index (χ1) is 11.8. The molecule has 2 aromatic heterocycles. The Balaban J connectivity index is 1.93. The average Bonchev–Trinajstić information content (AvgIpc) is 2.94. The molecule has 0 aromatic carbocycles. The second-order valence-electron chi connectivity index (χ2n) is 6.37. The van der Waals surface area contributed by atoms with Gasteiger partial charge in [0.1, 0.15) is 17.4 Å². The first-order valence-electron chi connectivity index (χ1n) is 8.02. The van der Waals surface area contributed by atoms with Gasteiger partial charge in [0.2, 0.25) is 5.91 Å². The van der Waals surface area contributed by atoms with Crippen LogP contribution >= 0.6 is 0 Å². The van der Waals surface area contributed by atoms with Crippen LogP contribution in [0.5, 0.6) is 0 Å². The van der Waals surface area contributed by atoms with Gasteiger partial charge in [0, 0.05) is 12.4 Å². The van der Waals surface area contributed by atoms with E-state index in [9.17, 15) is 14.4 Å². The zero-order chi connectivity index (χ0) is 18.6. The molecule has 0 fully saturated rings. The number of hydrogen-bond acceptors (Lipinski definition) is 4. The van der Waals surface area contributed by atoms with Gasteiger partial charge in [-0.25, -0.2) is 9.78 Å². The van der Waals surface area contributed by atoms with E-state index in [-0.39, 0.29) is 18.2 Å². The highest BCUT2D eigenvalue weighted by atomic mass is 16.4. The van der Waals surface area contributed by atoms with Crippen LogP contribution in [0, 0.1) is 12.8 Å². The van der Waals surface area contributed by atoms with Gasteiger partial charge in [-0.15, -0.1) is 0 Å². The fourth-order valence-electron chi connectivity index (χ4n) is 2.38. The third-order valence-corrected chi connectivity index (χ3v) is 3.60. The van der Waals surface area contributed by atoms with E-state index in [2.05, 4.69) is 15.6 Å². The molecule has 3 N–H and O–H groups in total. The number of aliphatic carboxylic acids is 1. The fraction of sp³-hybridized carbons (Fsp3) is 0.412. The molecule has 0 bridgehead atoms. The summed E-state index contributed by atoms with van der Waals surface area (Å²) in [7, 11) is 0. The van der Waals surface area contributed by atoms with Gasteiger partial charge in [-0.3, -0.25) is 9.59 Å². The lowest BCUT2D eigenvalue weighted by molar-refractivity contribution is -0.142. The molecule has 0 aliphatic carbocycles. The Hall–Kier alpha value is -2.90. The number of pyridine rings is 1. The Morgan fingerprint density at radius 3 is 2.68 bits per heavy atom. The van der Waals surface area contributed by atoms with E-state index in [1.54, 1.807) is 16.8 Å². The number of aryl methyl sites for hydroxylation is 1. The van der Waals surface area contributed by atoms with Gasteiger partial charge in [-0.05, 0) is 37.0 Å². The molecule has 2 amide bonds. The highest BCUT2D eigenvalue weighted by Gasteiger charge is 2.21. The standard InChI is InChI=1S/C17H22N4O4/c1-10(2)6-12(17(24)25)20-15(22)8-18-16(23)13-9-21-5-4-11(3)7-14(21)19-13/h4-5,7,9-10,12H,6,8H2,1-3H3,(H,18,23)(H,20,22)(H,24,25)/t12-/m0/s1. The van der Waals surface area contributed by atoms with Crippen molar-refractivity contribution in [3.8, 4) is 0 Å². The lowest BCUT2D eigenvalue weighted by Gasteiger charge is -2.16. The molecule has 0 spiro atoms. The van der Waals surface area contributed by atoms with Crippen LogP contribution in [0.2, 0.25) is 0 Å². The van der Waals surface area contributed by atoms with E-state index >= 15 is 0 Å². The molecule has 0 radical (unpaired) electrons. The average molecular weight is 346 g/mol. The second kappa shape index (κ2) is 7.78. The number of carboxylic acid groups (broad SMARTS) is 1. The number of nitrogens with one attached hydrogen (secondary N) is 2. The minimum atomic E-state index is -1.09. The first-order valence-corrected chi connectivity index (χ1v) is 8.02. The normalized spacial score (nSPS) is 12.2. The Labute approximate surface area is 145 Å². The maximum absolute atomic E-state index is 12.1. The van der Waals surface area contributed by atoms with Crippen LogP contribution in [0.4, 0.5) is 0 Å². The van der Waals surface area contributed by atoms with Crippen LogP contribution in [0.15, 0.2) is 24.5 Å². The van der Waals surface area contributed by atoms with Crippen molar-refractivity contribution < 1.29 is 19.5 Å². The lowest BCUT2D eigenvalue weighted by Crippen LogP contribution is -2.46. The number of aromatic nitrogens is 2. The minimum Gasteiger partial charge on any atom is -0.480 e. The van der Waals surface area contributed by atoms with Crippen molar-refractivity contribution in [2.45, 2.75) is 33.2 Å². The van der Waals surface area contributed by atoms with Crippen LogP contribution in [-0.2, 0) is 9.59 Å². The number of hydrogen-bond donors (Lipinski definition) is 3. The molecule has 2 rings (SSSR count). The van der Waals surface area contributed by atoms with E-state index in [1.165, 1.54) is 0 Å². The summed E-state index contributed by atoms with van der Waals surface area (Å²) in [6.45, 7) is 5.35. The number of nitrogens with zero attached hydrogens (tertiary/aromatic N) is 2. The molecule has 8 nitrogen and oxygen atoms in total. The van der Waals surface area contributed by atoms with E-state index < -0.39 is 23.8 Å². The third kappa shape index (κ3) is 5.03. The summed E-state index contributed by atoms with van der Waals surface area (Å²) < 4.78 is 1.71. The SMILES string of the molecule is Cc1ccn2cc(C(=O)NCC(=O)N[C@@H](CC(C)C)C(=O)O)nc2c1. The predicted molar refractivity (Wildman–Crippen MR) is 91.3 cm³/mol. The summed E-state index contributed by atoms with van der Waals surface area (Å²) in [4.78, 5) is 39.3. The molecular formula is C17H22N4O4. The zero-order valence-corrected chi connectivity index (χ0v) is 14.4. The summed E-state index contributed by atoms with van der Waals surface area (Å²) in [6, 6.07) is 2.76. The maximum Gasteiger partial charge on any atom is 0.326 e. The molecule has 134 valence electrons. The van der Waals surface area contributed by atoms with Gasteiger partial charge in [0.05, 0.1) is 6.54 Å². The van der Waals surface area contributed by atoms with Crippen molar-refractivity contribution in [2.75, 3.05) is 6.54 Å². The van der Waals surface area contributed by atoms with Gasteiger partial charge < -0.3 is 20.1 Å². The number of amides is 2. The third-order valence-electron chi connectivity index (χ3n) is 3.60. The Bertz CT molecular complexity index is 797. The Morgan fingerprint density at radius 2 is 2.04 bits per heavy atom. The Morgan fingerprint density at radius 1 is 1.32 bits per heavy atom. The predicted octanol–water partition coefficient (Wildman–Crippen LogP) is 0.988. The van der Waals surface area contributed by atoms with Crippen LogP contribution in [0.3, 0.4) is 0 Å². The van der Waals surface area contributed by atoms with E-state index in [1.807, 2.05) is 32.9 Å². The summed E-state index contributed by atoms with van der Waals surface area (Å²) in [5, 5.41) is 14.0. The zero-order valence-electron chi connectivity index (χ0n) is 14.4. The van der Waals surface area contributed by atoms with Gasteiger partial charge in [-0.2, -0.15) is 0 Å². The van der Waals surface area contributed by atoms with Crippen molar-refractivity contribution in [1.82, 2.24) is 20.0 Å². The fourth-order valence-corrected chi connectivity index (χ4v) is 2.38. The topological polar surface area (TPSA) is 113 Å². The molecule has 25 heavy (non-hydrogen) atoms. The van der Waals surface area contributed by atoms with Crippen molar-refractivity contribution in [3.63, 3.8) is 0 Å². The molecule has 0 saturated heterocycles. The van der Waals surface area contributed by atoms with Gasteiger partial charge in [0.25, 0.3) is 5.91 Å². The summed E-state index contributed by atoms with van der Waals surface area (Å²) in [5.74, 6) is -2.02. The molecule has 0 unspecified atom stereocenters. The van der Waals surface area contributed by atoms with Crippen molar-refractivity contribution >= 4 is 23.4 Å². The monoisotopic (exact) mass is 346 g/mol. The second-order valence-corrected chi connectivity index (χ2v) is 6.37. The number of carbonyl (C=O) groups excluding carboxylic acids is 2. The molecular weight excluding hydrogens is 324 g/mol. The van der Waals surface area contributed by atoms with Crippen molar-refractivity contribution in [3.05, 3.63) is 35.8 Å². The number of rotatable bonds is 7. The van der Waals surface area contributed by atoms with E-state index in [0.29, 0.717) is 12.1 Å². The minimum absolute atomic E-state index is 0.123. The lowest BCUT2D eigenvalue weighted by atomic mass is 10.0. The number of carbonyl (C=O) groups is 3. The molecule has 0 saturated carbocycles. The van der Waals surface area contributed by atoms with Crippen molar-refractivity contribution in [2.24, 2.45) is 5.92 Å². The number of carboxylic acids is 1. The summed E-state index contributed by atoms with van der Waals surface area (Å²) in [5.41, 5.74) is 1.85. The molecule has 8 heteroatoms. The largest absolute Gasteiger partial charge is 0.480 e. The van der Waals surface area contributed by atoms with Gasteiger partial charge in [0.15, 0.2) is 0 Å². The van der Waals surface area contributed by atoms with Crippen LogP contribution in [-0.4, -0.2) is 44.9 Å². The highest BCUT2D eigenvalue weighted by molar-refractivity contribution is 5.95. The summed E-state index contributed by atoms with van der Waals surface area (Å²) in [6.07, 6.45) is 3.69. The smallest absolute Gasteiger partial charge is 0.326 e. The first kappa shape index (κ1) is 18.4. The van der Waals surface area contributed by atoms with E-state index in [4.69, 9.17) is 5.11 Å².